The molecule has 3 N–H and O–H groups in total. The second-order valence-corrected chi connectivity index (χ2v) is 3.39. The van der Waals surface area contributed by atoms with Gasteiger partial charge >= 0.3 is 0 Å². The standard InChI is InChI=1S/C10H16N2O3/c1-8(12-15-7-10(11)13)4-5-9-3-2-6-14-9/h2-3,6,8,12H,4-5,7H2,1H3,(H2,11,13). The van der Waals surface area contributed by atoms with Gasteiger partial charge in [-0.15, -0.1) is 0 Å². The number of furan rings is 1. The zero-order valence-corrected chi connectivity index (χ0v) is 8.73. The molecule has 0 saturated heterocycles. The van der Waals surface area contributed by atoms with E-state index < -0.39 is 5.91 Å². The second-order valence-electron chi connectivity index (χ2n) is 3.39. The first-order chi connectivity index (χ1) is 7.18. The Balaban J connectivity index is 2.08. The third kappa shape index (κ3) is 5.19. The summed E-state index contributed by atoms with van der Waals surface area (Å²) in [6.45, 7) is 1.86. The summed E-state index contributed by atoms with van der Waals surface area (Å²) in [6, 6.07) is 3.93. The van der Waals surface area contributed by atoms with Crippen LogP contribution in [-0.2, 0) is 16.1 Å². The minimum atomic E-state index is -0.485. The zero-order valence-electron chi connectivity index (χ0n) is 8.73. The molecule has 1 rings (SSSR count). The van der Waals surface area contributed by atoms with Crippen LogP contribution in [0.2, 0.25) is 0 Å². The minimum Gasteiger partial charge on any atom is -0.469 e. The molecule has 1 amide bonds. The van der Waals surface area contributed by atoms with Crippen molar-refractivity contribution < 1.29 is 14.0 Å². The quantitative estimate of drug-likeness (QED) is 0.649. The van der Waals surface area contributed by atoms with Gasteiger partial charge in [-0.05, 0) is 25.5 Å². The number of hydrogen-bond donors (Lipinski definition) is 2. The molecule has 1 unspecified atom stereocenters. The van der Waals surface area contributed by atoms with Crippen LogP contribution in [0.25, 0.3) is 0 Å². The lowest BCUT2D eigenvalue weighted by Gasteiger charge is -2.11. The van der Waals surface area contributed by atoms with E-state index in [4.69, 9.17) is 15.0 Å². The van der Waals surface area contributed by atoms with E-state index in [1.165, 1.54) is 0 Å². The van der Waals surface area contributed by atoms with Crippen molar-refractivity contribution in [2.24, 2.45) is 5.73 Å². The van der Waals surface area contributed by atoms with E-state index in [1.807, 2.05) is 19.1 Å². The Bertz CT molecular complexity index is 285. The average molecular weight is 212 g/mol. The lowest BCUT2D eigenvalue weighted by atomic mass is 10.1. The Morgan fingerprint density at radius 2 is 2.53 bits per heavy atom. The highest BCUT2D eigenvalue weighted by Crippen LogP contribution is 2.05. The highest BCUT2D eigenvalue weighted by atomic mass is 16.6. The van der Waals surface area contributed by atoms with Crippen molar-refractivity contribution in [2.75, 3.05) is 6.61 Å². The molecule has 0 spiro atoms. The van der Waals surface area contributed by atoms with Crippen LogP contribution in [0, 0.1) is 0 Å². The number of hydroxylamine groups is 1. The van der Waals surface area contributed by atoms with Crippen LogP contribution in [0.1, 0.15) is 19.1 Å². The summed E-state index contributed by atoms with van der Waals surface area (Å²) < 4.78 is 5.18. The molecule has 1 aromatic heterocycles. The van der Waals surface area contributed by atoms with E-state index >= 15 is 0 Å². The van der Waals surface area contributed by atoms with Gasteiger partial charge in [0.15, 0.2) is 0 Å². The number of nitrogens with one attached hydrogen (secondary N) is 1. The molecule has 0 bridgehead atoms. The van der Waals surface area contributed by atoms with E-state index in [9.17, 15) is 4.79 Å². The predicted molar refractivity (Wildman–Crippen MR) is 54.8 cm³/mol. The molecule has 5 heteroatoms. The monoisotopic (exact) mass is 212 g/mol. The predicted octanol–water partition coefficient (Wildman–Crippen LogP) is 0.607. The fourth-order valence-corrected chi connectivity index (χ4v) is 1.13. The van der Waals surface area contributed by atoms with Crippen molar-refractivity contribution in [1.29, 1.82) is 0 Å². The Hall–Kier alpha value is -1.33. The molecule has 0 aliphatic carbocycles. The SMILES string of the molecule is CC(CCc1ccco1)NOCC(N)=O. The van der Waals surface area contributed by atoms with Crippen LogP contribution in [0.4, 0.5) is 0 Å². The van der Waals surface area contributed by atoms with E-state index in [2.05, 4.69) is 5.48 Å². The van der Waals surface area contributed by atoms with Gasteiger partial charge in [0.1, 0.15) is 12.4 Å². The summed E-state index contributed by atoms with van der Waals surface area (Å²) in [5.41, 5.74) is 7.64. The molecule has 84 valence electrons. The molecule has 0 radical (unpaired) electrons. The molecule has 0 aliphatic rings. The number of hydrogen-bond acceptors (Lipinski definition) is 4. The lowest BCUT2D eigenvalue weighted by molar-refractivity contribution is -0.126. The first-order valence-corrected chi connectivity index (χ1v) is 4.86. The van der Waals surface area contributed by atoms with Gasteiger partial charge in [0.2, 0.25) is 5.91 Å². The first kappa shape index (κ1) is 11.7. The highest BCUT2D eigenvalue weighted by molar-refractivity contribution is 5.74. The van der Waals surface area contributed by atoms with Crippen LogP contribution in [0.15, 0.2) is 22.8 Å². The summed E-state index contributed by atoms with van der Waals surface area (Å²) in [6.07, 6.45) is 3.35. The number of amides is 1. The van der Waals surface area contributed by atoms with Gasteiger partial charge < -0.3 is 10.2 Å². The Labute approximate surface area is 88.5 Å². The van der Waals surface area contributed by atoms with Crippen molar-refractivity contribution in [2.45, 2.75) is 25.8 Å². The van der Waals surface area contributed by atoms with Gasteiger partial charge in [-0.25, -0.2) is 0 Å². The van der Waals surface area contributed by atoms with Crippen molar-refractivity contribution >= 4 is 5.91 Å². The van der Waals surface area contributed by atoms with E-state index in [-0.39, 0.29) is 12.6 Å². The van der Waals surface area contributed by atoms with Gasteiger partial charge in [-0.3, -0.25) is 9.63 Å². The zero-order chi connectivity index (χ0) is 11.1. The molecular formula is C10H16N2O3. The average Bonchev–Trinajstić information content (AvgIpc) is 2.66. The lowest BCUT2D eigenvalue weighted by Crippen LogP contribution is -2.31. The van der Waals surface area contributed by atoms with Gasteiger partial charge in [0.05, 0.1) is 6.26 Å². The van der Waals surface area contributed by atoms with Gasteiger partial charge in [-0.2, -0.15) is 5.48 Å². The van der Waals surface area contributed by atoms with Crippen molar-refractivity contribution in [3.63, 3.8) is 0 Å². The maximum atomic E-state index is 10.4. The Kier molecular flexibility index (Phi) is 4.86. The number of carbonyl (C=O) groups is 1. The molecular weight excluding hydrogens is 196 g/mol. The topological polar surface area (TPSA) is 77.5 Å². The van der Waals surface area contributed by atoms with Crippen molar-refractivity contribution in [3.05, 3.63) is 24.2 Å². The normalized spacial score (nSPS) is 12.6. The van der Waals surface area contributed by atoms with Crippen LogP contribution in [0.5, 0.6) is 0 Å². The van der Waals surface area contributed by atoms with Crippen molar-refractivity contribution in [1.82, 2.24) is 5.48 Å². The van der Waals surface area contributed by atoms with Crippen LogP contribution < -0.4 is 11.2 Å². The largest absolute Gasteiger partial charge is 0.469 e. The van der Waals surface area contributed by atoms with Crippen LogP contribution in [-0.4, -0.2) is 18.6 Å². The Morgan fingerprint density at radius 1 is 1.73 bits per heavy atom. The first-order valence-electron chi connectivity index (χ1n) is 4.86. The molecule has 0 aromatic carbocycles. The van der Waals surface area contributed by atoms with Crippen LogP contribution in [0.3, 0.4) is 0 Å². The Morgan fingerprint density at radius 3 is 3.13 bits per heavy atom. The molecule has 0 fully saturated rings. The third-order valence-electron chi connectivity index (χ3n) is 1.90. The number of nitrogens with two attached hydrogens (primary N) is 1. The molecule has 1 atom stereocenters. The summed E-state index contributed by atoms with van der Waals surface area (Å²) in [5, 5.41) is 0. The molecule has 0 saturated carbocycles. The van der Waals surface area contributed by atoms with E-state index in [0.717, 1.165) is 18.6 Å². The van der Waals surface area contributed by atoms with E-state index in [1.54, 1.807) is 6.26 Å². The van der Waals surface area contributed by atoms with Gasteiger partial charge in [0.25, 0.3) is 0 Å². The maximum absolute atomic E-state index is 10.4. The fraction of sp³-hybridized carbons (Fsp3) is 0.500. The molecule has 1 aromatic rings. The molecule has 15 heavy (non-hydrogen) atoms. The van der Waals surface area contributed by atoms with Crippen LogP contribution >= 0.6 is 0 Å². The highest BCUT2D eigenvalue weighted by Gasteiger charge is 2.04. The van der Waals surface area contributed by atoms with Gasteiger partial charge in [0, 0.05) is 12.5 Å². The van der Waals surface area contributed by atoms with Crippen molar-refractivity contribution in [3.8, 4) is 0 Å². The number of aryl methyl sites for hydroxylation is 1. The molecule has 5 nitrogen and oxygen atoms in total. The minimum absolute atomic E-state index is 0.106. The maximum Gasteiger partial charge on any atom is 0.245 e. The summed E-state index contributed by atoms with van der Waals surface area (Å²) in [7, 11) is 0. The summed E-state index contributed by atoms with van der Waals surface area (Å²) >= 11 is 0. The summed E-state index contributed by atoms with van der Waals surface area (Å²) in [5.74, 6) is 0.458. The number of rotatable bonds is 7. The smallest absolute Gasteiger partial charge is 0.245 e. The number of carbonyl (C=O) groups excluding carboxylic acids is 1. The summed E-state index contributed by atoms with van der Waals surface area (Å²) in [4.78, 5) is 15.2. The third-order valence-corrected chi connectivity index (χ3v) is 1.90. The molecule has 0 aliphatic heterocycles. The molecule has 1 heterocycles. The fourth-order valence-electron chi connectivity index (χ4n) is 1.13. The van der Waals surface area contributed by atoms with E-state index in [0.29, 0.717) is 0 Å². The van der Waals surface area contributed by atoms with Gasteiger partial charge in [-0.1, -0.05) is 0 Å². The number of primary amides is 1. The second kappa shape index (κ2) is 6.21.